The molecular weight excluding hydrogens is 396 g/mol. The summed E-state index contributed by atoms with van der Waals surface area (Å²) in [6.45, 7) is 0.601. The quantitative estimate of drug-likeness (QED) is 0.525. The highest BCUT2D eigenvalue weighted by Crippen LogP contribution is 2.40. The Morgan fingerprint density at radius 3 is 2.63 bits per heavy atom. The molecule has 10 heteroatoms. The number of fused-ring (bicyclic) bond motifs is 2. The minimum absolute atomic E-state index is 0.0400. The van der Waals surface area contributed by atoms with E-state index in [9.17, 15) is 24.6 Å². The number of aliphatic hydroxyl groups is 1. The molecule has 0 aliphatic carbocycles. The van der Waals surface area contributed by atoms with Gasteiger partial charge < -0.3 is 29.3 Å². The summed E-state index contributed by atoms with van der Waals surface area (Å²) < 4.78 is 15.6. The van der Waals surface area contributed by atoms with Gasteiger partial charge in [-0.3, -0.25) is 9.59 Å². The number of nitrogens with zero attached hydrogens (tertiary/aromatic N) is 2. The molecule has 2 heterocycles. The van der Waals surface area contributed by atoms with E-state index in [0.29, 0.717) is 19.4 Å². The molecule has 164 valence electrons. The molecule has 0 radical (unpaired) electrons. The number of anilines is 1. The smallest absolute Gasteiger partial charge is 0.414 e. The maximum absolute atomic E-state index is 13.2. The molecule has 0 aromatic heterocycles. The van der Waals surface area contributed by atoms with Crippen molar-refractivity contribution in [3.05, 3.63) is 17.7 Å². The molecule has 10 nitrogen and oxygen atoms in total. The average Bonchev–Trinajstić information content (AvgIpc) is 2.83. The van der Waals surface area contributed by atoms with Gasteiger partial charge in [-0.25, -0.2) is 9.69 Å². The normalized spacial score (nSPS) is 20.7. The molecule has 2 aliphatic heterocycles. The van der Waals surface area contributed by atoms with Crippen molar-refractivity contribution in [1.29, 1.82) is 0 Å². The Balaban J connectivity index is 1.97. The van der Waals surface area contributed by atoms with E-state index < -0.39 is 18.4 Å². The van der Waals surface area contributed by atoms with Crippen molar-refractivity contribution in [1.82, 2.24) is 4.90 Å². The Bertz CT molecular complexity index is 827. The molecule has 3 rings (SSSR count). The van der Waals surface area contributed by atoms with Crippen LogP contribution in [-0.4, -0.2) is 72.7 Å². The zero-order chi connectivity index (χ0) is 21.8. The number of carbonyl (C=O) groups excluding carboxylic acids is 2. The van der Waals surface area contributed by atoms with Gasteiger partial charge in [0.25, 0.3) is 5.91 Å². The zero-order valence-corrected chi connectivity index (χ0v) is 17.0. The van der Waals surface area contributed by atoms with Gasteiger partial charge in [0.1, 0.15) is 0 Å². The topological polar surface area (TPSA) is 126 Å². The lowest BCUT2D eigenvalue weighted by Crippen LogP contribution is -2.54. The maximum atomic E-state index is 13.2. The van der Waals surface area contributed by atoms with E-state index >= 15 is 0 Å². The number of hydrogen-bond donors (Lipinski definition) is 2. The Morgan fingerprint density at radius 1 is 1.20 bits per heavy atom. The lowest BCUT2D eigenvalue weighted by Gasteiger charge is -2.38. The second-order valence-corrected chi connectivity index (χ2v) is 7.18. The van der Waals surface area contributed by atoms with Gasteiger partial charge in [0.2, 0.25) is 0 Å². The summed E-state index contributed by atoms with van der Waals surface area (Å²) in [7, 11) is 2.72. The fraction of sp³-hybridized carbons (Fsp3) is 0.550. The number of carboxylic acid groups (broad SMARTS) is 1. The van der Waals surface area contributed by atoms with Gasteiger partial charge in [0.15, 0.2) is 17.7 Å². The van der Waals surface area contributed by atoms with E-state index in [4.69, 9.17) is 9.47 Å². The molecule has 1 aromatic rings. The third-order valence-electron chi connectivity index (χ3n) is 5.41. The second kappa shape index (κ2) is 9.21. The number of hydrogen-bond acceptors (Lipinski definition) is 7. The first-order chi connectivity index (χ1) is 14.4. The van der Waals surface area contributed by atoms with Gasteiger partial charge in [0.05, 0.1) is 38.1 Å². The number of rotatable bonds is 6. The fourth-order valence-corrected chi connectivity index (χ4v) is 3.90. The predicted octanol–water partition coefficient (Wildman–Crippen LogP) is 1.84. The number of esters is 1. The molecule has 1 unspecified atom stereocenters. The second-order valence-electron chi connectivity index (χ2n) is 7.18. The lowest BCUT2D eigenvalue weighted by molar-refractivity contribution is -0.140. The lowest BCUT2D eigenvalue weighted by atomic mass is 10.0. The molecule has 0 saturated carbocycles. The minimum atomic E-state index is -1.39. The summed E-state index contributed by atoms with van der Waals surface area (Å²) in [5.74, 6) is -0.245. The van der Waals surface area contributed by atoms with E-state index in [1.807, 2.05) is 0 Å². The summed E-state index contributed by atoms with van der Waals surface area (Å²) in [6.07, 6.45) is -0.118. The molecule has 2 aliphatic rings. The standard InChI is InChI=1S/C20H26N2O8/c1-28-15-10-12-14(11-16(15)30-9-5-7-17(23)29-2)22(20(26)27)19(25)13-6-3-4-8-21(13)18(12)24/h10-11,13,19,25H,3-9H2,1-2H3,(H,26,27)/t13-,19?/m0/s1. The number of carbonyl (C=O) groups is 3. The highest BCUT2D eigenvalue weighted by Gasteiger charge is 2.43. The first-order valence-corrected chi connectivity index (χ1v) is 9.82. The number of methoxy groups -OCH3 is 2. The van der Waals surface area contributed by atoms with Crippen molar-refractivity contribution in [2.75, 3.05) is 32.3 Å². The molecule has 1 fully saturated rings. The fourth-order valence-electron chi connectivity index (χ4n) is 3.90. The Labute approximate surface area is 173 Å². The molecule has 2 amide bonds. The van der Waals surface area contributed by atoms with Gasteiger partial charge in [-0.1, -0.05) is 0 Å². The van der Waals surface area contributed by atoms with Crippen molar-refractivity contribution in [2.24, 2.45) is 0 Å². The first-order valence-electron chi connectivity index (χ1n) is 9.82. The molecular formula is C20H26N2O8. The van der Waals surface area contributed by atoms with Gasteiger partial charge >= 0.3 is 12.1 Å². The molecule has 1 saturated heterocycles. The van der Waals surface area contributed by atoms with Crippen LogP contribution in [0.3, 0.4) is 0 Å². The summed E-state index contributed by atoms with van der Waals surface area (Å²) in [5.41, 5.74) is 0.165. The Morgan fingerprint density at radius 2 is 1.97 bits per heavy atom. The van der Waals surface area contributed by atoms with Crippen LogP contribution >= 0.6 is 0 Å². The number of ether oxygens (including phenoxy) is 3. The van der Waals surface area contributed by atoms with E-state index in [0.717, 1.165) is 17.7 Å². The van der Waals surface area contributed by atoms with Crippen LogP contribution in [-0.2, 0) is 9.53 Å². The van der Waals surface area contributed by atoms with E-state index in [1.54, 1.807) is 0 Å². The van der Waals surface area contributed by atoms with Crippen LogP contribution in [0.5, 0.6) is 11.5 Å². The molecule has 2 N–H and O–H groups in total. The predicted molar refractivity (Wildman–Crippen MR) is 105 cm³/mol. The molecule has 1 aromatic carbocycles. The largest absolute Gasteiger partial charge is 0.493 e. The monoisotopic (exact) mass is 422 g/mol. The zero-order valence-electron chi connectivity index (χ0n) is 17.0. The van der Waals surface area contributed by atoms with E-state index in [1.165, 1.54) is 31.3 Å². The van der Waals surface area contributed by atoms with Crippen LogP contribution in [0.15, 0.2) is 12.1 Å². The highest BCUT2D eigenvalue weighted by molar-refractivity contribution is 6.05. The highest BCUT2D eigenvalue weighted by atomic mass is 16.5. The molecule has 2 atom stereocenters. The summed E-state index contributed by atoms with van der Waals surface area (Å²) in [4.78, 5) is 38.8. The van der Waals surface area contributed by atoms with Crippen molar-refractivity contribution in [2.45, 2.75) is 44.4 Å². The van der Waals surface area contributed by atoms with Crippen LogP contribution < -0.4 is 14.4 Å². The van der Waals surface area contributed by atoms with Gasteiger partial charge in [0, 0.05) is 19.0 Å². The van der Waals surface area contributed by atoms with Crippen molar-refractivity contribution >= 4 is 23.7 Å². The van der Waals surface area contributed by atoms with Crippen molar-refractivity contribution < 1.29 is 38.8 Å². The third kappa shape index (κ3) is 4.13. The third-order valence-corrected chi connectivity index (χ3v) is 5.41. The summed E-state index contributed by atoms with van der Waals surface area (Å²) >= 11 is 0. The van der Waals surface area contributed by atoms with Gasteiger partial charge in [-0.15, -0.1) is 0 Å². The molecule has 30 heavy (non-hydrogen) atoms. The van der Waals surface area contributed by atoms with Crippen molar-refractivity contribution in [3.8, 4) is 11.5 Å². The van der Waals surface area contributed by atoms with Crippen LogP contribution in [0.4, 0.5) is 10.5 Å². The maximum Gasteiger partial charge on any atom is 0.414 e. The number of amides is 2. The number of benzene rings is 1. The van der Waals surface area contributed by atoms with E-state index in [-0.39, 0.29) is 47.7 Å². The summed E-state index contributed by atoms with van der Waals surface area (Å²) in [6, 6.07) is 2.21. The SMILES string of the molecule is COC(=O)CCCOc1cc2c(cc1OC)C(=O)N1CCCC[C@H]1C(O)N2C(=O)O. The molecule has 0 bridgehead atoms. The minimum Gasteiger partial charge on any atom is -0.493 e. The van der Waals surface area contributed by atoms with Crippen LogP contribution in [0.1, 0.15) is 42.5 Å². The van der Waals surface area contributed by atoms with Gasteiger partial charge in [-0.2, -0.15) is 0 Å². The van der Waals surface area contributed by atoms with E-state index in [2.05, 4.69) is 4.74 Å². The first kappa shape index (κ1) is 21.7. The number of piperidine rings is 1. The van der Waals surface area contributed by atoms with Crippen LogP contribution in [0, 0.1) is 0 Å². The van der Waals surface area contributed by atoms with Crippen LogP contribution in [0.25, 0.3) is 0 Å². The van der Waals surface area contributed by atoms with Crippen molar-refractivity contribution in [3.63, 3.8) is 0 Å². The number of aliphatic hydroxyl groups excluding tert-OH is 1. The Kier molecular flexibility index (Phi) is 6.66. The summed E-state index contributed by atoms with van der Waals surface area (Å²) in [5, 5.41) is 20.6. The Hall–Kier alpha value is -3.01. The van der Waals surface area contributed by atoms with Crippen LogP contribution in [0.2, 0.25) is 0 Å². The van der Waals surface area contributed by atoms with Gasteiger partial charge in [-0.05, 0) is 31.7 Å². The molecule has 0 spiro atoms. The average molecular weight is 422 g/mol.